The van der Waals surface area contributed by atoms with E-state index in [1.165, 1.54) is 51.0 Å². The first-order valence-electron chi connectivity index (χ1n) is 8.31. The molecule has 1 aromatic carbocycles. The van der Waals surface area contributed by atoms with Crippen LogP contribution in [0.25, 0.3) is 0 Å². The van der Waals surface area contributed by atoms with Crippen LogP contribution in [0.2, 0.25) is 0 Å². The predicted molar refractivity (Wildman–Crippen MR) is 85.1 cm³/mol. The van der Waals surface area contributed by atoms with E-state index in [1.807, 2.05) is 0 Å². The van der Waals surface area contributed by atoms with E-state index in [-0.39, 0.29) is 0 Å². The Kier molecular flexibility index (Phi) is 4.42. The van der Waals surface area contributed by atoms with Crippen LogP contribution in [-0.2, 0) is 0 Å². The van der Waals surface area contributed by atoms with Crippen molar-refractivity contribution in [2.24, 2.45) is 0 Å². The monoisotopic (exact) mass is 272 g/mol. The van der Waals surface area contributed by atoms with Gasteiger partial charge in [0.2, 0.25) is 0 Å². The minimum atomic E-state index is 0.637. The van der Waals surface area contributed by atoms with E-state index >= 15 is 0 Å². The molecule has 2 heteroatoms. The molecular formula is C18H28N2. The minimum absolute atomic E-state index is 0.637. The maximum absolute atomic E-state index is 2.77. The van der Waals surface area contributed by atoms with Crippen molar-refractivity contribution in [3.8, 4) is 0 Å². The van der Waals surface area contributed by atoms with Crippen molar-refractivity contribution in [3.63, 3.8) is 0 Å². The molecule has 110 valence electrons. The van der Waals surface area contributed by atoms with Crippen LogP contribution in [0.4, 0.5) is 0 Å². The average Bonchev–Trinajstić information content (AvgIpc) is 2.94. The normalized spacial score (nSPS) is 29.3. The lowest BCUT2D eigenvalue weighted by Crippen LogP contribution is -2.56. The van der Waals surface area contributed by atoms with Gasteiger partial charge < -0.3 is 0 Å². The van der Waals surface area contributed by atoms with Crippen molar-refractivity contribution in [3.05, 3.63) is 35.9 Å². The molecule has 2 saturated heterocycles. The van der Waals surface area contributed by atoms with E-state index in [1.54, 1.807) is 0 Å². The van der Waals surface area contributed by atoms with Gasteiger partial charge in [0, 0.05) is 31.7 Å². The molecule has 0 aliphatic carbocycles. The highest BCUT2D eigenvalue weighted by Crippen LogP contribution is 2.28. The molecule has 0 radical (unpaired) electrons. The summed E-state index contributed by atoms with van der Waals surface area (Å²) in [7, 11) is 0. The van der Waals surface area contributed by atoms with Gasteiger partial charge in [-0.25, -0.2) is 0 Å². The number of piperazine rings is 1. The lowest BCUT2D eigenvalue weighted by molar-refractivity contribution is 0.0459. The summed E-state index contributed by atoms with van der Waals surface area (Å²) in [4.78, 5) is 5.50. The minimum Gasteiger partial charge on any atom is -0.298 e. The van der Waals surface area contributed by atoms with Crippen LogP contribution in [0.1, 0.15) is 44.6 Å². The smallest absolute Gasteiger partial charge is 0.0224 e. The Morgan fingerprint density at radius 2 is 2.00 bits per heavy atom. The number of fused-ring (bicyclic) bond motifs is 1. The molecule has 0 aromatic heterocycles. The lowest BCUT2D eigenvalue weighted by Gasteiger charge is -2.44. The summed E-state index contributed by atoms with van der Waals surface area (Å²) in [5.74, 6) is 0.637. The molecule has 2 aliphatic heterocycles. The Labute approximate surface area is 123 Å². The predicted octanol–water partition coefficient (Wildman–Crippen LogP) is 3.35. The SMILES string of the molecule is CCC1CN2CCCC2CN1CC(C)c1ccccc1. The van der Waals surface area contributed by atoms with Crippen LogP contribution < -0.4 is 0 Å². The first-order valence-corrected chi connectivity index (χ1v) is 8.31. The second kappa shape index (κ2) is 6.28. The van der Waals surface area contributed by atoms with Crippen LogP contribution >= 0.6 is 0 Å². The summed E-state index contributed by atoms with van der Waals surface area (Å²) >= 11 is 0. The fraction of sp³-hybridized carbons (Fsp3) is 0.667. The molecule has 2 nitrogen and oxygen atoms in total. The molecule has 3 atom stereocenters. The number of hydrogen-bond donors (Lipinski definition) is 0. The topological polar surface area (TPSA) is 6.48 Å². The van der Waals surface area contributed by atoms with Crippen molar-refractivity contribution in [1.82, 2.24) is 9.80 Å². The molecule has 0 amide bonds. The average molecular weight is 272 g/mol. The highest BCUT2D eigenvalue weighted by molar-refractivity contribution is 5.19. The molecule has 1 aromatic rings. The van der Waals surface area contributed by atoms with Gasteiger partial charge >= 0.3 is 0 Å². The summed E-state index contributed by atoms with van der Waals surface area (Å²) in [5.41, 5.74) is 1.48. The molecule has 0 N–H and O–H groups in total. The zero-order valence-corrected chi connectivity index (χ0v) is 13.0. The van der Waals surface area contributed by atoms with Gasteiger partial charge in [-0.05, 0) is 37.3 Å². The fourth-order valence-electron chi connectivity index (χ4n) is 4.00. The summed E-state index contributed by atoms with van der Waals surface area (Å²) < 4.78 is 0. The van der Waals surface area contributed by atoms with Crippen molar-refractivity contribution >= 4 is 0 Å². The van der Waals surface area contributed by atoms with E-state index < -0.39 is 0 Å². The van der Waals surface area contributed by atoms with Crippen molar-refractivity contribution in [2.45, 2.75) is 51.1 Å². The van der Waals surface area contributed by atoms with E-state index in [4.69, 9.17) is 0 Å². The Morgan fingerprint density at radius 3 is 2.75 bits per heavy atom. The largest absolute Gasteiger partial charge is 0.298 e. The molecule has 20 heavy (non-hydrogen) atoms. The van der Waals surface area contributed by atoms with Gasteiger partial charge in [-0.3, -0.25) is 9.80 Å². The third kappa shape index (κ3) is 2.91. The van der Waals surface area contributed by atoms with E-state index in [0.29, 0.717) is 5.92 Å². The van der Waals surface area contributed by atoms with Crippen LogP contribution in [0, 0.1) is 0 Å². The summed E-state index contributed by atoms with van der Waals surface area (Å²) in [5, 5.41) is 0. The number of nitrogens with zero attached hydrogens (tertiary/aromatic N) is 2. The second-order valence-electron chi connectivity index (χ2n) is 6.62. The maximum Gasteiger partial charge on any atom is 0.0224 e. The number of rotatable bonds is 4. The van der Waals surface area contributed by atoms with Gasteiger partial charge in [0.1, 0.15) is 0 Å². The summed E-state index contributed by atoms with van der Waals surface area (Å²) in [6.45, 7) is 9.86. The van der Waals surface area contributed by atoms with Gasteiger partial charge in [-0.15, -0.1) is 0 Å². The number of hydrogen-bond acceptors (Lipinski definition) is 2. The van der Waals surface area contributed by atoms with Gasteiger partial charge in [-0.1, -0.05) is 44.2 Å². The highest BCUT2D eigenvalue weighted by Gasteiger charge is 2.35. The van der Waals surface area contributed by atoms with Crippen LogP contribution in [0.5, 0.6) is 0 Å². The lowest BCUT2D eigenvalue weighted by atomic mass is 9.97. The van der Waals surface area contributed by atoms with Gasteiger partial charge in [0.05, 0.1) is 0 Å². The fourth-order valence-corrected chi connectivity index (χ4v) is 4.00. The van der Waals surface area contributed by atoms with E-state index in [9.17, 15) is 0 Å². The summed E-state index contributed by atoms with van der Waals surface area (Å²) in [6, 6.07) is 12.6. The van der Waals surface area contributed by atoms with Crippen molar-refractivity contribution in [1.29, 1.82) is 0 Å². The Balaban J connectivity index is 1.65. The molecule has 3 unspecified atom stereocenters. The first kappa shape index (κ1) is 14.1. The summed E-state index contributed by atoms with van der Waals surface area (Å²) in [6.07, 6.45) is 4.10. The molecular weight excluding hydrogens is 244 g/mol. The van der Waals surface area contributed by atoms with Crippen molar-refractivity contribution < 1.29 is 0 Å². The molecule has 3 rings (SSSR count). The Morgan fingerprint density at radius 1 is 1.20 bits per heavy atom. The molecule has 0 spiro atoms. The van der Waals surface area contributed by atoms with E-state index in [2.05, 4.69) is 54.0 Å². The van der Waals surface area contributed by atoms with Crippen molar-refractivity contribution in [2.75, 3.05) is 26.2 Å². The molecule has 0 saturated carbocycles. The molecule has 2 heterocycles. The third-order valence-corrected chi connectivity index (χ3v) is 5.25. The molecule has 0 bridgehead atoms. The van der Waals surface area contributed by atoms with Gasteiger partial charge in [-0.2, -0.15) is 0 Å². The van der Waals surface area contributed by atoms with Gasteiger partial charge in [0.15, 0.2) is 0 Å². The van der Waals surface area contributed by atoms with Crippen LogP contribution in [0.3, 0.4) is 0 Å². The maximum atomic E-state index is 2.77. The first-order chi connectivity index (χ1) is 9.78. The van der Waals surface area contributed by atoms with Crippen LogP contribution in [0.15, 0.2) is 30.3 Å². The standard InChI is InChI=1S/C18H28N2/c1-3-17-13-19-11-7-10-18(19)14-20(17)12-15(2)16-8-5-4-6-9-16/h4-6,8-9,15,17-18H,3,7,10-14H2,1-2H3. The number of benzene rings is 1. The zero-order chi connectivity index (χ0) is 13.9. The second-order valence-corrected chi connectivity index (χ2v) is 6.62. The Hall–Kier alpha value is -0.860. The zero-order valence-electron chi connectivity index (χ0n) is 13.0. The molecule has 2 fully saturated rings. The third-order valence-electron chi connectivity index (χ3n) is 5.25. The Bertz CT molecular complexity index is 417. The quantitative estimate of drug-likeness (QED) is 0.829. The van der Waals surface area contributed by atoms with Gasteiger partial charge in [0.25, 0.3) is 0 Å². The van der Waals surface area contributed by atoms with Crippen LogP contribution in [-0.4, -0.2) is 48.1 Å². The highest BCUT2D eigenvalue weighted by atomic mass is 15.3. The molecule has 2 aliphatic rings. The van der Waals surface area contributed by atoms with E-state index in [0.717, 1.165) is 12.1 Å².